The van der Waals surface area contributed by atoms with E-state index in [2.05, 4.69) is 27.0 Å². The highest BCUT2D eigenvalue weighted by Gasteiger charge is 2.13. The molecule has 1 fully saturated rings. The lowest BCUT2D eigenvalue weighted by Gasteiger charge is -2.21. The number of nitriles is 1. The number of pyridine rings is 1. The molecule has 0 saturated heterocycles. The van der Waals surface area contributed by atoms with Crippen molar-refractivity contribution in [3.8, 4) is 6.07 Å². The molecule has 0 bridgehead atoms. The molecule has 6 nitrogen and oxygen atoms in total. The zero-order valence-electron chi connectivity index (χ0n) is 13.5. The van der Waals surface area contributed by atoms with Crippen LogP contribution in [0, 0.1) is 11.3 Å². The third kappa shape index (κ3) is 6.15. The third-order valence-corrected chi connectivity index (χ3v) is 4.07. The van der Waals surface area contributed by atoms with Crippen molar-refractivity contribution < 1.29 is 4.79 Å². The van der Waals surface area contributed by atoms with Gasteiger partial charge in [-0.3, -0.25) is 0 Å². The van der Waals surface area contributed by atoms with Gasteiger partial charge in [0.2, 0.25) is 0 Å². The maximum Gasteiger partial charge on any atom is 0.315 e. The average Bonchev–Trinajstić information content (AvgIpc) is 2.54. The summed E-state index contributed by atoms with van der Waals surface area (Å²) in [4.78, 5) is 16.0. The standard InChI is InChI=1S/C17H25N5O/c18-13-14-7-6-10-19-16(14)20-11-12-21-17(23)22-15-8-4-2-1-3-5-9-15/h6-7,10,15H,1-5,8-9,11-12H2,(H,19,20)(H2,21,22,23). The number of aromatic nitrogens is 1. The van der Waals surface area contributed by atoms with E-state index in [-0.39, 0.29) is 6.03 Å². The van der Waals surface area contributed by atoms with Gasteiger partial charge < -0.3 is 16.0 Å². The van der Waals surface area contributed by atoms with E-state index < -0.39 is 0 Å². The van der Waals surface area contributed by atoms with Crippen LogP contribution in [0.3, 0.4) is 0 Å². The molecular weight excluding hydrogens is 290 g/mol. The highest BCUT2D eigenvalue weighted by atomic mass is 16.2. The van der Waals surface area contributed by atoms with Crippen molar-refractivity contribution in [2.45, 2.75) is 51.0 Å². The number of urea groups is 1. The first-order chi connectivity index (χ1) is 11.3. The lowest BCUT2D eigenvalue weighted by atomic mass is 9.97. The van der Waals surface area contributed by atoms with Crippen LogP contribution in [0.25, 0.3) is 0 Å². The van der Waals surface area contributed by atoms with Gasteiger partial charge in [0.1, 0.15) is 11.9 Å². The molecule has 0 aromatic carbocycles. The molecule has 0 aliphatic heterocycles. The predicted molar refractivity (Wildman–Crippen MR) is 90.1 cm³/mol. The molecule has 6 heteroatoms. The minimum Gasteiger partial charge on any atom is -0.367 e. The topological polar surface area (TPSA) is 89.8 Å². The molecule has 1 heterocycles. The molecule has 3 N–H and O–H groups in total. The molecule has 1 aromatic rings. The first-order valence-corrected chi connectivity index (χ1v) is 8.43. The Kier molecular flexibility index (Phi) is 7.18. The Labute approximate surface area is 137 Å². The summed E-state index contributed by atoms with van der Waals surface area (Å²) in [5, 5.41) is 18.0. The maximum absolute atomic E-state index is 11.9. The Morgan fingerprint density at radius 1 is 1.22 bits per heavy atom. The molecule has 2 amide bonds. The smallest absolute Gasteiger partial charge is 0.315 e. The van der Waals surface area contributed by atoms with Crippen LogP contribution < -0.4 is 16.0 Å². The van der Waals surface area contributed by atoms with Gasteiger partial charge in [0.25, 0.3) is 0 Å². The Morgan fingerprint density at radius 3 is 2.70 bits per heavy atom. The number of carbonyl (C=O) groups is 1. The number of nitrogens with zero attached hydrogens (tertiary/aromatic N) is 2. The molecule has 1 aliphatic carbocycles. The van der Waals surface area contributed by atoms with E-state index in [4.69, 9.17) is 5.26 Å². The van der Waals surface area contributed by atoms with Crippen molar-refractivity contribution >= 4 is 11.8 Å². The first kappa shape index (κ1) is 17.1. The normalized spacial score (nSPS) is 15.8. The van der Waals surface area contributed by atoms with Crippen molar-refractivity contribution in [1.82, 2.24) is 15.6 Å². The van der Waals surface area contributed by atoms with Crippen molar-refractivity contribution in [2.24, 2.45) is 0 Å². The Hall–Kier alpha value is -2.29. The van der Waals surface area contributed by atoms with Crippen molar-refractivity contribution in [1.29, 1.82) is 5.26 Å². The van der Waals surface area contributed by atoms with Gasteiger partial charge in [-0.15, -0.1) is 0 Å². The van der Waals surface area contributed by atoms with Gasteiger partial charge in [0, 0.05) is 25.3 Å². The molecule has 124 valence electrons. The SMILES string of the molecule is N#Cc1cccnc1NCCNC(=O)NC1CCCCCCC1. The highest BCUT2D eigenvalue weighted by Crippen LogP contribution is 2.16. The summed E-state index contributed by atoms with van der Waals surface area (Å²) < 4.78 is 0. The molecule has 23 heavy (non-hydrogen) atoms. The van der Waals surface area contributed by atoms with Crippen LogP contribution in [0.1, 0.15) is 50.5 Å². The molecule has 1 aliphatic rings. The number of hydrogen-bond acceptors (Lipinski definition) is 4. The van der Waals surface area contributed by atoms with Gasteiger partial charge >= 0.3 is 6.03 Å². The van der Waals surface area contributed by atoms with Crippen LogP contribution >= 0.6 is 0 Å². The molecule has 2 rings (SSSR count). The molecule has 1 aromatic heterocycles. The van der Waals surface area contributed by atoms with Crippen LogP contribution in [-0.2, 0) is 0 Å². The van der Waals surface area contributed by atoms with Crippen LogP contribution in [0.2, 0.25) is 0 Å². The fraction of sp³-hybridized carbons (Fsp3) is 0.588. The molecular formula is C17H25N5O. The van der Waals surface area contributed by atoms with Crippen LogP contribution in [0.15, 0.2) is 18.3 Å². The van der Waals surface area contributed by atoms with Gasteiger partial charge in [0.05, 0.1) is 5.56 Å². The quantitative estimate of drug-likeness (QED) is 0.729. The zero-order chi connectivity index (χ0) is 16.3. The van der Waals surface area contributed by atoms with E-state index in [1.54, 1.807) is 18.3 Å². The summed E-state index contributed by atoms with van der Waals surface area (Å²) in [5.41, 5.74) is 0.506. The molecule has 0 unspecified atom stereocenters. The number of rotatable bonds is 5. The summed E-state index contributed by atoms with van der Waals surface area (Å²) in [6.07, 6.45) is 10.0. The summed E-state index contributed by atoms with van der Waals surface area (Å²) in [6.45, 7) is 1.02. The second kappa shape index (κ2) is 9.67. The van der Waals surface area contributed by atoms with Crippen LogP contribution in [0.5, 0.6) is 0 Å². The van der Waals surface area contributed by atoms with E-state index in [9.17, 15) is 4.79 Å². The van der Waals surface area contributed by atoms with E-state index in [0.717, 1.165) is 12.8 Å². The van der Waals surface area contributed by atoms with Gasteiger partial charge in [-0.05, 0) is 25.0 Å². The lowest BCUT2D eigenvalue weighted by molar-refractivity contribution is 0.234. The van der Waals surface area contributed by atoms with E-state index in [1.165, 1.54) is 32.1 Å². The summed E-state index contributed by atoms with van der Waals surface area (Å²) in [7, 11) is 0. The van der Waals surface area contributed by atoms with Gasteiger partial charge in [-0.2, -0.15) is 5.26 Å². The Morgan fingerprint density at radius 2 is 1.96 bits per heavy atom. The summed E-state index contributed by atoms with van der Waals surface area (Å²) in [5.74, 6) is 0.553. The Bertz CT molecular complexity index is 532. The molecule has 0 radical (unpaired) electrons. The minimum atomic E-state index is -0.112. The summed E-state index contributed by atoms with van der Waals surface area (Å²) >= 11 is 0. The maximum atomic E-state index is 11.9. The molecule has 0 spiro atoms. The number of amides is 2. The van der Waals surface area contributed by atoms with Gasteiger partial charge in [0.15, 0.2) is 0 Å². The van der Waals surface area contributed by atoms with Crippen molar-refractivity contribution in [3.05, 3.63) is 23.9 Å². The van der Waals surface area contributed by atoms with E-state index in [0.29, 0.717) is 30.5 Å². The molecule has 0 atom stereocenters. The van der Waals surface area contributed by atoms with E-state index >= 15 is 0 Å². The second-order valence-electron chi connectivity index (χ2n) is 5.88. The zero-order valence-corrected chi connectivity index (χ0v) is 13.5. The van der Waals surface area contributed by atoms with Crippen molar-refractivity contribution in [2.75, 3.05) is 18.4 Å². The molecule has 1 saturated carbocycles. The second-order valence-corrected chi connectivity index (χ2v) is 5.88. The number of nitrogens with one attached hydrogen (secondary N) is 3. The third-order valence-electron chi connectivity index (χ3n) is 4.07. The van der Waals surface area contributed by atoms with Crippen LogP contribution in [0.4, 0.5) is 10.6 Å². The largest absolute Gasteiger partial charge is 0.367 e. The monoisotopic (exact) mass is 315 g/mol. The average molecular weight is 315 g/mol. The first-order valence-electron chi connectivity index (χ1n) is 8.43. The van der Waals surface area contributed by atoms with Crippen LogP contribution in [-0.4, -0.2) is 30.1 Å². The van der Waals surface area contributed by atoms with Crippen molar-refractivity contribution in [3.63, 3.8) is 0 Å². The van der Waals surface area contributed by atoms with E-state index in [1.807, 2.05) is 0 Å². The highest BCUT2D eigenvalue weighted by molar-refractivity contribution is 5.74. The summed E-state index contributed by atoms with van der Waals surface area (Å²) in [6, 6.07) is 5.71. The lowest BCUT2D eigenvalue weighted by Crippen LogP contribution is -2.43. The fourth-order valence-corrected chi connectivity index (χ4v) is 2.83. The van der Waals surface area contributed by atoms with Gasteiger partial charge in [-0.25, -0.2) is 9.78 Å². The van der Waals surface area contributed by atoms with Gasteiger partial charge in [-0.1, -0.05) is 32.1 Å². The number of hydrogen-bond donors (Lipinski definition) is 3. The minimum absolute atomic E-state index is 0.112. The number of anilines is 1. The number of carbonyl (C=O) groups excluding carboxylic acids is 1. The predicted octanol–water partition coefficient (Wildman–Crippen LogP) is 2.78. The Balaban J connectivity index is 1.65. The fourth-order valence-electron chi connectivity index (χ4n) is 2.83.